The van der Waals surface area contributed by atoms with Crippen molar-refractivity contribution in [3.63, 3.8) is 0 Å². The first-order valence-corrected chi connectivity index (χ1v) is 16.4. The van der Waals surface area contributed by atoms with Crippen molar-refractivity contribution in [3.05, 3.63) is 136 Å². The molecule has 0 radical (unpaired) electrons. The lowest BCUT2D eigenvalue weighted by Gasteiger charge is -2.17. The third kappa shape index (κ3) is 21.8. The molecule has 192 valence electrons. The number of hydrogen-bond donors (Lipinski definition) is 0. The van der Waals surface area contributed by atoms with E-state index in [0.717, 1.165) is 0 Å². The fourth-order valence-corrected chi connectivity index (χ4v) is 6.70. The van der Waals surface area contributed by atoms with Gasteiger partial charge in [-0.15, -0.1) is 20.5 Å². The lowest BCUT2D eigenvalue weighted by Crippen LogP contribution is -3.61. The van der Waals surface area contributed by atoms with Crippen LogP contribution in [0.15, 0.2) is 121 Å². The molecule has 0 atom stereocenters. The van der Waals surface area contributed by atoms with Gasteiger partial charge in [-0.05, 0) is 48.5 Å². The first kappa shape index (κ1) is 32.6. The molecule has 0 heterocycles. The van der Waals surface area contributed by atoms with Gasteiger partial charge in [0.05, 0.1) is 0 Å². The van der Waals surface area contributed by atoms with Crippen molar-refractivity contribution in [3.8, 4) is 0 Å². The van der Waals surface area contributed by atoms with E-state index in [-0.39, 0.29) is 42.4 Å². The Morgan fingerprint density at radius 3 is 0.583 bits per heavy atom. The first-order valence-electron chi connectivity index (χ1n) is 9.63. The molecular formula is C24H20Cl2I2O8. The molecular weight excluding hydrogens is 741 g/mol. The van der Waals surface area contributed by atoms with E-state index in [1.54, 1.807) is 0 Å². The van der Waals surface area contributed by atoms with Gasteiger partial charge in [0.1, 0.15) is 0 Å². The van der Waals surface area contributed by atoms with Crippen molar-refractivity contribution < 1.29 is 100 Å². The van der Waals surface area contributed by atoms with Gasteiger partial charge in [0.2, 0.25) is 0 Å². The molecule has 4 rings (SSSR count). The second-order valence-electron chi connectivity index (χ2n) is 6.13. The monoisotopic (exact) mass is 760 g/mol. The van der Waals surface area contributed by atoms with Crippen molar-refractivity contribution in [1.29, 1.82) is 0 Å². The number of benzene rings is 4. The van der Waals surface area contributed by atoms with E-state index >= 15 is 0 Å². The highest BCUT2D eigenvalue weighted by atomic mass is 127. The number of hydrogen-bond acceptors (Lipinski definition) is 8. The first-order chi connectivity index (χ1) is 16.9. The Morgan fingerprint density at radius 1 is 0.306 bits per heavy atom. The van der Waals surface area contributed by atoms with E-state index in [1.807, 2.05) is 0 Å². The second kappa shape index (κ2) is 18.0. The van der Waals surface area contributed by atoms with Crippen LogP contribution in [-0.2, 0) is 0 Å². The van der Waals surface area contributed by atoms with Gasteiger partial charge in [-0.25, -0.2) is 37.3 Å². The van der Waals surface area contributed by atoms with Crippen LogP contribution in [0.4, 0.5) is 0 Å². The summed E-state index contributed by atoms with van der Waals surface area (Å²) in [4.78, 5) is 0. The molecule has 4 aromatic carbocycles. The third-order valence-corrected chi connectivity index (χ3v) is 8.74. The Morgan fingerprint density at radius 2 is 0.444 bits per heavy atom. The number of rotatable bonds is 4. The molecule has 0 unspecified atom stereocenters. The van der Waals surface area contributed by atoms with Crippen LogP contribution in [0, 0.1) is 34.8 Å². The average Bonchev–Trinajstić information content (AvgIpc) is 2.80. The molecule has 4 aromatic rings. The topological polar surface area (TPSA) is 184 Å². The fourth-order valence-electron chi connectivity index (χ4n) is 2.16. The largest absolute Gasteiger partial charge is 0.357 e. The Labute approximate surface area is 234 Å². The van der Waals surface area contributed by atoms with E-state index in [1.165, 1.54) is 14.3 Å². The Kier molecular flexibility index (Phi) is 16.3. The maximum Gasteiger partial charge on any atom is 0.357 e. The highest BCUT2D eigenvalue weighted by Gasteiger charge is 2.13. The van der Waals surface area contributed by atoms with E-state index in [0.29, 0.717) is 0 Å². The summed E-state index contributed by atoms with van der Waals surface area (Å²) in [7, 11) is -9.89. The van der Waals surface area contributed by atoms with Gasteiger partial charge in [-0.1, -0.05) is 72.8 Å². The summed E-state index contributed by atoms with van der Waals surface area (Å²) >= 11 is 0.0574. The SMILES string of the molecule is [O-][Cl+3]([O-])([O-])[O-].[O-][Cl+3]([O-])([O-])[O-].c1ccc([I+]c2ccccc2)cc1.c1ccc([I+]c2ccccc2)cc1. The van der Waals surface area contributed by atoms with E-state index < -0.39 is 20.5 Å². The molecule has 12 heteroatoms. The van der Waals surface area contributed by atoms with E-state index in [2.05, 4.69) is 121 Å². The van der Waals surface area contributed by atoms with Gasteiger partial charge in [-0.2, -0.15) is 0 Å². The molecule has 0 spiro atoms. The molecule has 0 aliphatic carbocycles. The minimum absolute atomic E-state index is 0.0287. The molecule has 36 heavy (non-hydrogen) atoms. The summed E-state index contributed by atoms with van der Waals surface area (Å²) in [6.45, 7) is 0. The zero-order valence-electron chi connectivity index (χ0n) is 18.3. The van der Waals surface area contributed by atoms with Crippen LogP contribution in [0.2, 0.25) is 0 Å². The lowest BCUT2D eigenvalue weighted by molar-refractivity contribution is -2.00. The normalized spacial score (nSPS) is 10.4. The molecule has 0 N–H and O–H groups in total. The molecule has 0 aliphatic heterocycles. The van der Waals surface area contributed by atoms with Gasteiger partial charge >= 0.3 is 42.4 Å². The minimum atomic E-state index is -4.94. The van der Waals surface area contributed by atoms with Crippen LogP contribution in [0.5, 0.6) is 0 Å². The van der Waals surface area contributed by atoms with Crippen LogP contribution in [0.1, 0.15) is 0 Å². The van der Waals surface area contributed by atoms with Crippen LogP contribution in [0.25, 0.3) is 0 Å². The minimum Gasteiger partial charge on any atom is -0.222 e. The van der Waals surface area contributed by atoms with Gasteiger partial charge < -0.3 is 0 Å². The fraction of sp³-hybridized carbons (Fsp3) is 0. The highest BCUT2D eigenvalue weighted by molar-refractivity contribution is 5.03. The van der Waals surface area contributed by atoms with E-state index in [9.17, 15) is 0 Å². The van der Waals surface area contributed by atoms with Crippen LogP contribution >= 0.6 is 0 Å². The van der Waals surface area contributed by atoms with Gasteiger partial charge in [0, 0.05) is 0 Å². The van der Waals surface area contributed by atoms with Gasteiger partial charge in [0.15, 0.2) is 14.3 Å². The Hall–Kier alpha value is -1.40. The summed E-state index contributed by atoms with van der Waals surface area (Å²) in [5.41, 5.74) is 0. The summed E-state index contributed by atoms with van der Waals surface area (Å²) in [6.07, 6.45) is 0. The zero-order valence-corrected chi connectivity index (χ0v) is 24.2. The standard InChI is InChI=1S/2C12H10I.2ClHO4/c2*1-3-7-11(8-4-1)13-12-9-5-2-6-10-12;2*2-1(3,4)5/h2*1-10H;2*(H,2,3,4,5)/q2*+1;;/p-2. The average molecular weight is 761 g/mol. The van der Waals surface area contributed by atoms with Crippen LogP contribution in [-0.4, -0.2) is 0 Å². The van der Waals surface area contributed by atoms with E-state index in [4.69, 9.17) is 37.3 Å². The van der Waals surface area contributed by atoms with Crippen molar-refractivity contribution >= 4 is 0 Å². The lowest BCUT2D eigenvalue weighted by atomic mass is 10.4. The molecule has 0 aromatic heterocycles. The molecule has 0 saturated carbocycles. The molecule has 0 amide bonds. The maximum absolute atomic E-state index is 8.49. The smallest absolute Gasteiger partial charge is 0.222 e. The van der Waals surface area contributed by atoms with Crippen LogP contribution in [0.3, 0.4) is 0 Å². The van der Waals surface area contributed by atoms with Gasteiger partial charge in [-0.3, -0.25) is 0 Å². The van der Waals surface area contributed by atoms with Crippen molar-refractivity contribution in [1.82, 2.24) is 0 Å². The molecule has 8 nitrogen and oxygen atoms in total. The summed E-state index contributed by atoms with van der Waals surface area (Å²) in [5.74, 6) is 0. The highest BCUT2D eigenvalue weighted by Crippen LogP contribution is 1.86. The van der Waals surface area contributed by atoms with Crippen molar-refractivity contribution in [2.75, 3.05) is 0 Å². The van der Waals surface area contributed by atoms with Gasteiger partial charge in [0.25, 0.3) is 0 Å². The van der Waals surface area contributed by atoms with Crippen molar-refractivity contribution in [2.45, 2.75) is 0 Å². The van der Waals surface area contributed by atoms with Crippen molar-refractivity contribution in [2.24, 2.45) is 0 Å². The zero-order chi connectivity index (χ0) is 26.9. The second-order valence-corrected chi connectivity index (χ2v) is 13.7. The Balaban J connectivity index is 0.000000266. The molecule has 0 saturated heterocycles. The van der Waals surface area contributed by atoms with Crippen LogP contribution < -0.4 is 79.7 Å². The summed E-state index contributed by atoms with van der Waals surface area (Å²) < 4.78 is 73.9. The molecule has 0 bridgehead atoms. The summed E-state index contributed by atoms with van der Waals surface area (Å²) in [5, 5.41) is 0. The Bertz CT molecular complexity index is 891. The quantitative estimate of drug-likeness (QED) is 0.184. The number of halogens is 4. The molecule has 0 fully saturated rings. The maximum atomic E-state index is 8.49. The third-order valence-electron chi connectivity index (χ3n) is 3.37. The predicted octanol–water partition coefficient (Wildman–Crippen LogP) is -9.88. The predicted molar refractivity (Wildman–Crippen MR) is 101 cm³/mol. The summed E-state index contributed by atoms with van der Waals surface area (Å²) in [6, 6.07) is 42.8. The molecule has 0 aliphatic rings.